The number of aliphatic hydroxyl groups excluding tert-OH is 1. The van der Waals surface area contributed by atoms with Crippen LogP contribution in [0.1, 0.15) is 69.1 Å². The van der Waals surface area contributed by atoms with E-state index in [0.717, 1.165) is 18.9 Å². The van der Waals surface area contributed by atoms with Crippen molar-refractivity contribution in [2.45, 2.75) is 81.9 Å². The Hall–Kier alpha value is -2.31. The highest BCUT2D eigenvalue weighted by Gasteiger charge is 2.45. The number of amides is 1. The van der Waals surface area contributed by atoms with Gasteiger partial charge >= 0.3 is 0 Å². The summed E-state index contributed by atoms with van der Waals surface area (Å²) >= 11 is 0. The average molecular weight is 457 g/mol. The minimum absolute atomic E-state index is 0.137. The first-order chi connectivity index (χ1) is 15.7. The zero-order chi connectivity index (χ0) is 23.6. The van der Waals surface area contributed by atoms with Crippen molar-refractivity contribution in [1.82, 2.24) is 10.6 Å². The molecule has 0 aromatic heterocycles. The van der Waals surface area contributed by atoms with Crippen molar-refractivity contribution < 1.29 is 18.7 Å². The van der Waals surface area contributed by atoms with Gasteiger partial charge in [-0.3, -0.25) is 4.79 Å². The van der Waals surface area contributed by atoms with Crippen LogP contribution in [0.2, 0.25) is 0 Å². The summed E-state index contributed by atoms with van der Waals surface area (Å²) in [6.45, 7) is 3.99. The van der Waals surface area contributed by atoms with Gasteiger partial charge in [0.15, 0.2) is 0 Å². The van der Waals surface area contributed by atoms with Gasteiger partial charge in [-0.15, -0.1) is 0 Å². The first kappa shape index (κ1) is 23.8. The Kier molecular flexibility index (Phi) is 6.87. The third-order valence-corrected chi connectivity index (χ3v) is 7.45. The van der Waals surface area contributed by atoms with Crippen LogP contribution in [0.3, 0.4) is 0 Å². The predicted octanol–water partition coefficient (Wildman–Crippen LogP) is 4.48. The van der Waals surface area contributed by atoms with Crippen molar-refractivity contribution in [2.75, 3.05) is 6.54 Å². The van der Waals surface area contributed by atoms with E-state index in [4.69, 9.17) is 0 Å². The van der Waals surface area contributed by atoms with Gasteiger partial charge in [-0.25, -0.2) is 8.78 Å². The first-order valence-electron chi connectivity index (χ1n) is 12.0. The van der Waals surface area contributed by atoms with E-state index in [0.29, 0.717) is 5.56 Å². The normalized spacial score (nSPS) is 20.3. The van der Waals surface area contributed by atoms with Crippen LogP contribution in [-0.4, -0.2) is 29.7 Å². The Labute approximate surface area is 194 Å². The molecule has 178 valence electrons. The Balaban J connectivity index is 1.44. The maximum absolute atomic E-state index is 13.6. The van der Waals surface area contributed by atoms with Gasteiger partial charge in [0.2, 0.25) is 5.91 Å². The number of aliphatic hydroxyl groups is 1. The molecule has 4 rings (SSSR count). The maximum atomic E-state index is 13.6. The summed E-state index contributed by atoms with van der Waals surface area (Å²) in [6.07, 6.45) is 6.18. The maximum Gasteiger partial charge on any atom is 0.217 e. The lowest BCUT2D eigenvalue weighted by Crippen LogP contribution is -2.49. The van der Waals surface area contributed by atoms with Crippen LogP contribution in [0.4, 0.5) is 8.78 Å². The summed E-state index contributed by atoms with van der Waals surface area (Å²) < 4.78 is 27.2. The molecule has 4 nitrogen and oxygen atoms in total. The fraction of sp³-hybridized carbons (Fsp3) is 0.519. The first-order valence-corrected chi connectivity index (χ1v) is 12.0. The highest BCUT2D eigenvalue weighted by Crippen LogP contribution is 2.48. The molecule has 0 bridgehead atoms. The van der Waals surface area contributed by atoms with Crippen LogP contribution in [-0.2, 0) is 22.2 Å². The summed E-state index contributed by atoms with van der Waals surface area (Å²) in [5.74, 6) is -1.64. The van der Waals surface area contributed by atoms with E-state index < -0.39 is 23.8 Å². The summed E-state index contributed by atoms with van der Waals surface area (Å²) in [5.41, 5.74) is 3.09. The molecule has 33 heavy (non-hydrogen) atoms. The Morgan fingerprint density at radius 2 is 1.67 bits per heavy atom. The second kappa shape index (κ2) is 9.51. The fourth-order valence-electron chi connectivity index (χ4n) is 5.30. The van der Waals surface area contributed by atoms with Crippen LogP contribution in [0.25, 0.3) is 0 Å². The van der Waals surface area contributed by atoms with E-state index in [1.54, 1.807) is 0 Å². The SMILES string of the molecule is CC(=O)NC(Cc1cc(F)cc(F)c1)C(O)CNC1(c2cccc(C3(C)CCCC3)c2)CC1. The Morgan fingerprint density at radius 3 is 2.27 bits per heavy atom. The van der Waals surface area contributed by atoms with E-state index in [-0.39, 0.29) is 29.8 Å². The highest BCUT2D eigenvalue weighted by atomic mass is 19.1. The number of benzene rings is 2. The monoisotopic (exact) mass is 456 g/mol. The topological polar surface area (TPSA) is 61.4 Å². The molecule has 0 heterocycles. The van der Waals surface area contributed by atoms with Crippen molar-refractivity contribution in [3.8, 4) is 0 Å². The Morgan fingerprint density at radius 1 is 1.03 bits per heavy atom. The lowest BCUT2D eigenvalue weighted by molar-refractivity contribution is -0.120. The molecule has 0 spiro atoms. The highest BCUT2D eigenvalue weighted by molar-refractivity contribution is 5.73. The molecule has 0 aliphatic heterocycles. The van der Waals surface area contributed by atoms with Gasteiger partial charge in [0.25, 0.3) is 0 Å². The van der Waals surface area contributed by atoms with Crippen molar-refractivity contribution in [3.05, 3.63) is 70.8 Å². The number of rotatable bonds is 9. The number of carbonyl (C=O) groups is 1. The molecule has 6 heteroatoms. The van der Waals surface area contributed by atoms with Gasteiger partial charge in [-0.05, 0) is 66.3 Å². The molecule has 2 aromatic carbocycles. The third-order valence-electron chi connectivity index (χ3n) is 7.45. The van der Waals surface area contributed by atoms with E-state index in [9.17, 15) is 18.7 Å². The van der Waals surface area contributed by atoms with Gasteiger partial charge in [-0.1, -0.05) is 44.0 Å². The molecule has 0 radical (unpaired) electrons. The van der Waals surface area contributed by atoms with Crippen LogP contribution in [0.15, 0.2) is 42.5 Å². The average Bonchev–Trinajstić information content (AvgIpc) is 3.43. The minimum atomic E-state index is -0.909. The number of hydrogen-bond donors (Lipinski definition) is 3. The van der Waals surface area contributed by atoms with Gasteiger partial charge in [0.05, 0.1) is 12.1 Å². The van der Waals surface area contributed by atoms with Gasteiger partial charge < -0.3 is 15.7 Å². The lowest BCUT2D eigenvalue weighted by atomic mass is 9.80. The molecule has 2 atom stereocenters. The number of hydrogen-bond acceptors (Lipinski definition) is 3. The van der Waals surface area contributed by atoms with Crippen LogP contribution in [0.5, 0.6) is 0 Å². The molecule has 3 N–H and O–H groups in total. The largest absolute Gasteiger partial charge is 0.390 e. The second-order valence-electron chi connectivity index (χ2n) is 10.2. The zero-order valence-electron chi connectivity index (χ0n) is 19.5. The lowest BCUT2D eigenvalue weighted by Gasteiger charge is -2.29. The molecular formula is C27H34F2N2O2. The molecule has 2 saturated carbocycles. The fourth-order valence-corrected chi connectivity index (χ4v) is 5.30. The van der Waals surface area contributed by atoms with E-state index in [1.807, 2.05) is 0 Å². The van der Waals surface area contributed by atoms with E-state index >= 15 is 0 Å². The van der Waals surface area contributed by atoms with Crippen LogP contribution < -0.4 is 10.6 Å². The summed E-state index contributed by atoms with van der Waals surface area (Å²) in [6, 6.07) is 11.4. The summed E-state index contributed by atoms with van der Waals surface area (Å²) in [5, 5.41) is 17.2. The van der Waals surface area contributed by atoms with Gasteiger partial charge in [0, 0.05) is 25.1 Å². The second-order valence-corrected chi connectivity index (χ2v) is 10.2. The predicted molar refractivity (Wildman–Crippen MR) is 125 cm³/mol. The van der Waals surface area contributed by atoms with Crippen molar-refractivity contribution in [3.63, 3.8) is 0 Å². The van der Waals surface area contributed by atoms with Crippen LogP contribution >= 0.6 is 0 Å². The number of nitrogens with one attached hydrogen (secondary N) is 2. The molecule has 2 aliphatic carbocycles. The zero-order valence-corrected chi connectivity index (χ0v) is 19.5. The van der Waals surface area contributed by atoms with Crippen molar-refractivity contribution in [1.29, 1.82) is 0 Å². The quantitative estimate of drug-likeness (QED) is 0.521. The minimum Gasteiger partial charge on any atom is -0.390 e. The number of halogens is 2. The summed E-state index contributed by atoms with van der Waals surface area (Å²) in [4.78, 5) is 11.7. The Bertz CT molecular complexity index is 979. The standard InChI is InChI=1S/C27H34F2N2O2/c1-18(32)31-24(14-19-12-22(28)16-23(29)13-19)25(33)17-30-27(10-11-27)21-7-5-6-20(15-21)26(2)8-3-4-9-26/h5-7,12-13,15-16,24-25,30,33H,3-4,8-11,14,17H2,1-2H3,(H,31,32). The molecule has 0 saturated heterocycles. The van der Waals surface area contributed by atoms with E-state index in [2.05, 4.69) is 41.8 Å². The molecule has 2 fully saturated rings. The molecule has 1 amide bonds. The molecule has 2 aliphatic rings. The van der Waals surface area contributed by atoms with Crippen molar-refractivity contribution in [2.24, 2.45) is 0 Å². The van der Waals surface area contributed by atoms with Crippen molar-refractivity contribution >= 4 is 5.91 Å². The number of carbonyl (C=O) groups excluding carboxylic acids is 1. The summed E-state index contributed by atoms with van der Waals surface area (Å²) in [7, 11) is 0. The van der Waals surface area contributed by atoms with E-state index in [1.165, 1.54) is 55.9 Å². The molecule has 2 aromatic rings. The van der Waals surface area contributed by atoms with Crippen LogP contribution in [0, 0.1) is 11.6 Å². The third kappa shape index (κ3) is 5.61. The van der Waals surface area contributed by atoms with Gasteiger partial charge in [-0.2, -0.15) is 0 Å². The molecule has 2 unspecified atom stereocenters. The van der Waals surface area contributed by atoms with Gasteiger partial charge in [0.1, 0.15) is 11.6 Å². The molecular weight excluding hydrogens is 422 g/mol. The smallest absolute Gasteiger partial charge is 0.217 e.